The van der Waals surface area contributed by atoms with Crippen molar-refractivity contribution in [3.63, 3.8) is 0 Å². The van der Waals surface area contributed by atoms with Crippen molar-refractivity contribution in [2.75, 3.05) is 13.1 Å². The monoisotopic (exact) mass is 125 g/mol. The third kappa shape index (κ3) is 1.76. The maximum atomic E-state index is 3.96. The van der Waals surface area contributed by atoms with Crippen molar-refractivity contribution in [3.8, 4) is 0 Å². The molecule has 0 bridgehead atoms. The van der Waals surface area contributed by atoms with E-state index in [-0.39, 0.29) is 0 Å². The van der Waals surface area contributed by atoms with Gasteiger partial charge in [0.15, 0.2) is 0 Å². The molecule has 0 radical (unpaired) electrons. The lowest BCUT2D eigenvalue weighted by molar-refractivity contribution is 0.790. The highest BCUT2D eigenvalue weighted by molar-refractivity contribution is 5.58. The van der Waals surface area contributed by atoms with Gasteiger partial charge >= 0.3 is 0 Å². The molecule has 0 spiro atoms. The van der Waals surface area contributed by atoms with Gasteiger partial charge in [-0.25, -0.2) is 0 Å². The summed E-state index contributed by atoms with van der Waals surface area (Å²) >= 11 is 0. The first kappa shape index (κ1) is 6.13. The zero-order chi connectivity index (χ0) is 6.53. The normalized spacial score (nSPS) is 16.3. The van der Waals surface area contributed by atoms with Gasteiger partial charge in [-0.3, -0.25) is 4.99 Å². The molecular formula is C6H11N3. The predicted octanol–water partition coefficient (Wildman–Crippen LogP) is 0.0688. The molecule has 0 aromatic rings. The minimum atomic E-state index is 0.787. The largest absolute Gasteiger partial charge is 0.372 e. The molecule has 0 aromatic heterocycles. The van der Waals surface area contributed by atoms with Crippen molar-refractivity contribution in [1.29, 1.82) is 0 Å². The van der Waals surface area contributed by atoms with Crippen LogP contribution in [0.2, 0.25) is 0 Å². The molecule has 0 atom stereocenters. The van der Waals surface area contributed by atoms with Crippen LogP contribution in [-0.4, -0.2) is 19.4 Å². The molecule has 1 heterocycles. The molecule has 0 fully saturated rings. The van der Waals surface area contributed by atoms with E-state index in [4.69, 9.17) is 0 Å². The van der Waals surface area contributed by atoms with Crippen LogP contribution in [0.15, 0.2) is 16.9 Å². The smallest absolute Gasteiger partial charge is 0.102 e. The summed E-state index contributed by atoms with van der Waals surface area (Å²) < 4.78 is 0. The third-order valence-electron chi connectivity index (χ3n) is 1.08. The molecule has 0 saturated carbocycles. The number of nitrogens with zero attached hydrogens (tertiary/aromatic N) is 1. The summed E-state index contributed by atoms with van der Waals surface area (Å²) in [4.78, 5) is 3.96. The van der Waals surface area contributed by atoms with Crippen LogP contribution in [0.1, 0.15) is 6.92 Å². The maximum absolute atomic E-state index is 3.96. The van der Waals surface area contributed by atoms with Crippen LogP contribution in [-0.2, 0) is 0 Å². The molecular weight excluding hydrogens is 114 g/mol. The fraction of sp³-hybridized carbons (Fsp3) is 0.500. The average Bonchev–Trinajstić information content (AvgIpc) is 1.91. The van der Waals surface area contributed by atoms with Crippen molar-refractivity contribution in [2.24, 2.45) is 4.99 Å². The molecule has 0 aliphatic carbocycles. The molecule has 3 nitrogen and oxygen atoms in total. The van der Waals surface area contributed by atoms with Crippen LogP contribution < -0.4 is 10.6 Å². The molecule has 3 heteroatoms. The Morgan fingerprint density at radius 3 is 3.33 bits per heavy atom. The van der Waals surface area contributed by atoms with E-state index in [1.165, 1.54) is 0 Å². The van der Waals surface area contributed by atoms with E-state index in [1.807, 2.05) is 6.08 Å². The highest BCUT2D eigenvalue weighted by Crippen LogP contribution is 1.86. The van der Waals surface area contributed by atoms with E-state index in [1.54, 1.807) is 6.34 Å². The van der Waals surface area contributed by atoms with Crippen LogP contribution in [0.5, 0.6) is 0 Å². The van der Waals surface area contributed by atoms with E-state index in [9.17, 15) is 0 Å². The summed E-state index contributed by atoms with van der Waals surface area (Å²) in [6.07, 6.45) is 3.72. The molecule has 0 amide bonds. The van der Waals surface area contributed by atoms with Gasteiger partial charge in [0.2, 0.25) is 0 Å². The zero-order valence-electron chi connectivity index (χ0n) is 5.52. The molecule has 0 unspecified atom stereocenters. The lowest BCUT2D eigenvalue weighted by Gasteiger charge is -2.10. The lowest BCUT2D eigenvalue weighted by atomic mass is 10.5. The first-order chi connectivity index (χ1) is 4.43. The maximum Gasteiger partial charge on any atom is 0.102 e. The second-order valence-electron chi connectivity index (χ2n) is 1.79. The first-order valence-corrected chi connectivity index (χ1v) is 3.12. The molecule has 1 rings (SSSR count). The molecule has 0 saturated heterocycles. The van der Waals surface area contributed by atoms with Gasteiger partial charge < -0.3 is 10.6 Å². The Morgan fingerprint density at radius 2 is 2.78 bits per heavy atom. The van der Waals surface area contributed by atoms with Crippen LogP contribution >= 0.6 is 0 Å². The number of hydrogen-bond donors (Lipinski definition) is 2. The fourth-order valence-electron chi connectivity index (χ4n) is 0.684. The van der Waals surface area contributed by atoms with Crippen LogP contribution in [0.4, 0.5) is 0 Å². The van der Waals surface area contributed by atoms with Crippen molar-refractivity contribution in [3.05, 3.63) is 11.9 Å². The highest BCUT2D eigenvalue weighted by atomic mass is 15.1. The lowest BCUT2D eigenvalue weighted by Crippen LogP contribution is -2.27. The molecule has 50 valence electrons. The minimum absolute atomic E-state index is 0.787. The van der Waals surface area contributed by atoms with Crippen molar-refractivity contribution < 1.29 is 0 Å². The van der Waals surface area contributed by atoms with Gasteiger partial charge in [-0.15, -0.1) is 0 Å². The van der Waals surface area contributed by atoms with Gasteiger partial charge in [-0.05, 0) is 13.0 Å². The Kier molecular flexibility index (Phi) is 2.13. The summed E-state index contributed by atoms with van der Waals surface area (Å²) in [6.45, 7) is 3.80. The standard InChI is InChI=1S/C6H11N3/c1-2-8-6-3-4-7-5-9-6/h3,5,8H,2,4H2,1H3,(H,7,9). The van der Waals surface area contributed by atoms with Gasteiger partial charge in [0.1, 0.15) is 5.82 Å². The number of nitrogens with one attached hydrogen (secondary N) is 2. The van der Waals surface area contributed by atoms with Gasteiger partial charge in [0, 0.05) is 6.54 Å². The zero-order valence-corrected chi connectivity index (χ0v) is 5.52. The van der Waals surface area contributed by atoms with Crippen molar-refractivity contribution >= 4 is 6.34 Å². The van der Waals surface area contributed by atoms with Gasteiger partial charge in [-0.1, -0.05) is 0 Å². The summed E-state index contributed by atoms with van der Waals surface area (Å²) in [5.41, 5.74) is 0. The summed E-state index contributed by atoms with van der Waals surface area (Å²) in [5.74, 6) is 1.06. The summed E-state index contributed by atoms with van der Waals surface area (Å²) in [5, 5.41) is 6.12. The van der Waals surface area contributed by atoms with Gasteiger partial charge in [0.05, 0.1) is 12.9 Å². The Balaban J connectivity index is 2.32. The second kappa shape index (κ2) is 3.12. The van der Waals surface area contributed by atoms with E-state index in [0.717, 1.165) is 18.9 Å². The van der Waals surface area contributed by atoms with Crippen molar-refractivity contribution in [1.82, 2.24) is 10.6 Å². The van der Waals surface area contributed by atoms with Gasteiger partial charge in [-0.2, -0.15) is 0 Å². The van der Waals surface area contributed by atoms with Crippen LogP contribution in [0.3, 0.4) is 0 Å². The van der Waals surface area contributed by atoms with E-state index in [2.05, 4.69) is 22.5 Å². The number of aliphatic imine (C=N–C) groups is 1. The van der Waals surface area contributed by atoms with Crippen LogP contribution in [0.25, 0.3) is 0 Å². The Morgan fingerprint density at radius 1 is 1.89 bits per heavy atom. The predicted molar refractivity (Wildman–Crippen MR) is 38.3 cm³/mol. The Labute approximate surface area is 54.9 Å². The molecule has 1 aliphatic rings. The Hall–Kier alpha value is -0.990. The van der Waals surface area contributed by atoms with Gasteiger partial charge in [0.25, 0.3) is 0 Å². The molecule has 0 aromatic carbocycles. The van der Waals surface area contributed by atoms with E-state index >= 15 is 0 Å². The Bertz CT molecular complexity index is 137. The second-order valence-corrected chi connectivity index (χ2v) is 1.79. The summed E-state index contributed by atoms with van der Waals surface area (Å²) in [6, 6.07) is 0. The first-order valence-electron chi connectivity index (χ1n) is 3.12. The number of hydrogen-bond acceptors (Lipinski definition) is 3. The van der Waals surface area contributed by atoms with Crippen LogP contribution in [0, 0.1) is 0 Å². The third-order valence-corrected chi connectivity index (χ3v) is 1.08. The molecule has 2 N–H and O–H groups in total. The molecule has 9 heavy (non-hydrogen) atoms. The topological polar surface area (TPSA) is 36.4 Å². The van der Waals surface area contributed by atoms with Crippen molar-refractivity contribution in [2.45, 2.75) is 6.92 Å². The quantitative estimate of drug-likeness (QED) is 0.548. The highest BCUT2D eigenvalue weighted by Gasteiger charge is 1.92. The fourth-order valence-corrected chi connectivity index (χ4v) is 0.684. The summed E-state index contributed by atoms with van der Waals surface area (Å²) in [7, 11) is 0. The SMILES string of the molecule is CCNC1=CCN=CN1. The minimum Gasteiger partial charge on any atom is -0.372 e. The van der Waals surface area contributed by atoms with E-state index < -0.39 is 0 Å². The number of rotatable bonds is 2. The molecule has 1 aliphatic heterocycles. The van der Waals surface area contributed by atoms with E-state index in [0.29, 0.717) is 0 Å². The average molecular weight is 125 g/mol.